The number of rotatable bonds is 20. The molecule has 520 valence electrons. The van der Waals surface area contributed by atoms with Crippen LogP contribution in [0.15, 0.2) is 217 Å². The van der Waals surface area contributed by atoms with Crippen LogP contribution in [0, 0.1) is 28.6 Å². The molecule has 3 aliphatic heterocycles. The maximum absolute atomic E-state index is 13.5. The molecule has 12 rings (SSSR count). The number of likely N-dealkylation sites (tertiary alicyclic amines) is 3. The Labute approximate surface area is 589 Å². The molecule has 3 amide bonds. The molecule has 18 heteroatoms. The average Bonchev–Trinajstić information content (AvgIpc) is 1.75. The first-order chi connectivity index (χ1) is 48.8. The monoisotopic (exact) mass is 1360 g/mol. The summed E-state index contributed by atoms with van der Waals surface area (Å²) in [5, 5.41) is 25.9. The van der Waals surface area contributed by atoms with Gasteiger partial charge in [0.2, 0.25) is 17.0 Å². The van der Waals surface area contributed by atoms with Crippen LogP contribution in [0.25, 0.3) is 33.5 Å². The summed E-state index contributed by atoms with van der Waals surface area (Å²) in [5.41, 5.74) is 19.2. The number of aromatic amines is 2. The fourth-order valence-electron chi connectivity index (χ4n) is 14.0. The highest BCUT2D eigenvalue weighted by atomic mass is 16.5. The molecule has 3 fully saturated rings. The summed E-state index contributed by atoms with van der Waals surface area (Å²) in [6.45, 7) is 9.22. The van der Waals surface area contributed by atoms with Crippen molar-refractivity contribution in [2.75, 3.05) is 33.9 Å². The van der Waals surface area contributed by atoms with E-state index in [1.807, 2.05) is 143 Å². The van der Waals surface area contributed by atoms with Crippen LogP contribution >= 0.6 is 0 Å². The number of benzene rings is 6. The fraction of sp³-hybridized carbons (Fsp3) is 0.289. The molecule has 18 nitrogen and oxygen atoms in total. The number of methoxy groups -OCH3 is 2. The van der Waals surface area contributed by atoms with Crippen LogP contribution in [-0.2, 0) is 43.1 Å². The first-order valence-electron chi connectivity index (χ1n) is 34.4. The van der Waals surface area contributed by atoms with Crippen LogP contribution in [0.4, 0.5) is 0 Å². The minimum atomic E-state index is -0.492. The van der Waals surface area contributed by atoms with Crippen molar-refractivity contribution >= 4 is 52.4 Å². The SMILES string of the molecule is C=C(N)c1ccc(CC(C(=O)OC)C2CCCN2C(=O)c2ccc(-c3ccccc3)cc2)cc1.CC(=N)c1ccc(O)c(CCC2CCCN2C(=O)C2C=CC(c3ccc(=O)[nH]c3)=CC2)c1.COC(=O)C(Cc1cccc(C(C)=N)c1)C1CCCN1C(=O)c1ccc(-c2ccc(=O)[nH]c2)cc1. The van der Waals surface area contributed by atoms with Crippen LogP contribution in [0.1, 0.15) is 125 Å². The van der Waals surface area contributed by atoms with Gasteiger partial charge >= 0.3 is 11.9 Å². The number of nitrogens with zero attached hydrogens (tertiary/aromatic N) is 3. The first kappa shape index (κ1) is 72.5. The number of ether oxygens (including phenoxy) is 2. The highest BCUT2D eigenvalue weighted by Crippen LogP contribution is 2.35. The van der Waals surface area contributed by atoms with Gasteiger partial charge in [-0.2, -0.15) is 0 Å². The number of aromatic hydroxyl groups is 1. The molecule has 5 heterocycles. The van der Waals surface area contributed by atoms with Gasteiger partial charge in [-0.15, -0.1) is 0 Å². The number of H-pyrrole nitrogens is 2. The van der Waals surface area contributed by atoms with E-state index < -0.39 is 11.8 Å². The molecule has 0 spiro atoms. The number of esters is 2. The molecule has 6 atom stereocenters. The molecule has 3 saturated heterocycles. The fourth-order valence-corrected chi connectivity index (χ4v) is 14.0. The molecule has 8 aromatic rings. The number of carbonyl (C=O) groups excluding carboxylic acids is 5. The lowest BCUT2D eigenvalue weighted by atomic mass is 9.89. The lowest BCUT2D eigenvalue weighted by Crippen LogP contribution is -2.44. The molecule has 6 aromatic carbocycles. The second kappa shape index (κ2) is 34.0. The Bertz CT molecular complexity index is 4460. The topological polar surface area (TPSA) is 273 Å². The zero-order chi connectivity index (χ0) is 71.7. The largest absolute Gasteiger partial charge is 0.508 e. The number of aromatic nitrogens is 2. The summed E-state index contributed by atoms with van der Waals surface area (Å²) < 4.78 is 10.3. The number of amides is 3. The maximum atomic E-state index is 13.5. The maximum Gasteiger partial charge on any atom is 0.311 e. The van der Waals surface area contributed by atoms with Gasteiger partial charge in [0, 0.05) is 90.5 Å². The molecular formula is C83H88N8O10. The van der Waals surface area contributed by atoms with Crippen LogP contribution in [0.3, 0.4) is 0 Å². The van der Waals surface area contributed by atoms with E-state index in [2.05, 4.69) is 22.6 Å². The van der Waals surface area contributed by atoms with Gasteiger partial charge in [-0.25, -0.2) is 0 Å². The van der Waals surface area contributed by atoms with E-state index in [9.17, 15) is 38.7 Å². The molecule has 6 unspecified atom stereocenters. The Morgan fingerprint density at radius 3 is 1.58 bits per heavy atom. The summed E-state index contributed by atoms with van der Waals surface area (Å²) in [4.78, 5) is 99.3. The van der Waals surface area contributed by atoms with Gasteiger partial charge in [-0.1, -0.05) is 122 Å². The Hall–Kier alpha value is -11.3. The van der Waals surface area contributed by atoms with Crippen molar-refractivity contribution in [1.29, 1.82) is 10.8 Å². The first-order valence-corrected chi connectivity index (χ1v) is 34.4. The van der Waals surface area contributed by atoms with Crippen LogP contribution in [0.2, 0.25) is 0 Å². The summed E-state index contributed by atoms with van der Waals surface area (Å²) in [5.74, 6) is -1.48. The Balaban J connectivity index is 0.000000164. The van der Waals surface area contributed by atoms with Crippen molar-refractivity contribution in [3.8, 4) is 28.0 Å². The molecule has 0 bridgehead atoms. The molecule has 4 aliphatic rings. The third-order valence-corrected chi connectivity index (χ3v) is 19.6. The molecule has 0 saturated carbocycles. The zero-order valence-electron chi connectivity index (χ0n) is 57.7. The number of phenolic OH excluding ortho intramolecular Hbond substituents is 1. The van der Waals surface area contributed by atoms with Crippen molar-refractivity contribution in [3.63, 3.8) is 0 Å². The Morgan fingerprint density at radius 1 is 0.564 bits per heavy atom. The Morgan fingerprint density at radius 2 is 1.06 bits per heavy atom. The van der Waals surface area contributed by atoms with Crippen molar-refractivity contribution in [2.45, 2.75) is 103 Å². The Kier molecular flexibility index (Phi) is 24.4. The van der Waals surface area contributed by atoms with Gasteiger partial charge in [0.15, 0.2) is 0 Å². The lowest BCUT2D eigenvalue weighted by molar-refractivity contribution is -0.148. The lowest BCUT2D eigenvalue weighted by Gasteiger charge is -2.30. The van der Waals surface area contributed by atoms with Crippen molar-refractivity contribution in [1.82, 2.24) is 24.7 Å². The number of phenols is 1. The van der Waals surface area contributed by atoms with Crippen LogP contribution in [0.5, 0.6) is 5.75 Å². The zero-order valence-corrected chi connectivity index (χ0v) is 57.7. The van der Waals surface area contributed by atoms with Crippen molar-refractivity contribution < 1.29 is 38.6 Å². The average molecular weight is 1360 g/mol. The quantitative estimate of drug-likeness (QED) is 0.0308. The number of allylic oxidation sites excluding steroid dienone is 3. The van der Waals surface area contributed by atoms with E-state index in [-0.39, 0.29) is 70.6 Å². The van der Waals surface area contributed by atoms with Gasteiger partial charge in [-0.3, -0.25) is 33.6 Å². The molecule has 7 N–H and O–H groups in total. The van der Waals surface area contributed by atoms with Crippen LogP contribution < -0.4 is 16.9 Å². The standard InChI is InChI=1S/C29H30N2O3.C28H29N3O4.C26H29N3O3/c1-20(30)22-12-10-21(11-13-22)19-26(29(33)34-2)27-9-6-18-31(27)28(32)25-16-14-24(15-17-25)23-7-4-3-5-8-23;1-18(29)22-6-3-5-19(15-22)16-24(28(34)35-2)25-7-4-14-31(25)27(33)21-10-8-20(9-11-21)23-12-13-26(32)30-17-23;1-17(27)20-9-12-24(30)21(15-20)8-11-23-3-2-14-29(23)26(32)19-6-4-18(5-7-19)22-10-13-25(31)28-16-22/h3-5,7-8,10-17,26-27H,1,6,9,18-19,30H2,2H3;3,5-6,8-13,15,17,24-25,29H,4,7,14,16H2,1-2H3,(H,30,32);4-6,9-10,12-13,15-16,19,23,27,30H,2-3,7-8,11,14H2,1H3,(H,28,31). The predicted molar refractivity (Wildman–Crippen MR) is 395 cm³/mol. The summed E-state index contributed by atoms with van der Waals surface area (Å²) in [7, 11) is 2.78. The number of pyridine rings is 2. The molecular weight excluding hydrogens is 1270 g/mol. The highest BCUT2D eigenvalue weighted by Gasteiger charge is 2.41. The van der Waals surface area contributed by atoms with Gasteiger partial charge in [0.25, 0.3) is 11.8 Å². The minimum Gasteiger partial charge on any atom is -0.508 e. The number of carbonyl (C=O) groups is 5. The van der Waals surface area contributed by atoms with E-state index in [1.54, 1.807) is 67.5 Å². The number of aryl methyl sites for hydroxylation is 1. The van der Waals surface area contributed by atoms with E-state index in [0.717, 1.165) is 118 Å². The van der Waals surface area contributed by atoms with Gasteiger partial charge in [-0.05, 0) is 212 Å². The number of hydrogen-bond donors (Lipinski definition) is 6. The third kappa shape index (κ3) is 18.3. The molecule has 2 aromatic heterocycles. The minimum absolute atomic E-state index is 0.0502. The van der Waals surface area contributed by atoms with E-state index >= 15 is 0 Å². The summed E-state index contributed by atoms with van der Waals surface area (Å²) in [6, 6.07) is 51.8. The van der Waals surface area contributed by atoms with Crippen molar-refractivity contribution in [3.05, 3.63) is 278 Å². The van der Waals surface area contributed by atoms with E-state index in [4.69, 9.17) is 26.0 Å². The molecule has 1 aliphatic carbocycles. The predicted octanol–water partition coefficient (Wildman–Crippen LogP) is 13.0. The molecule has 101 heavy (non-hydrogen) atoms. The third-order valence-electron chi connectivity index (χ3n) is 19.6. The second-order valence-corrected chi connectivity index (χ2v) is 26.2. The summed E-state index contributed by atoms with van der Waals surface area (Å²) >= 11 is 0. The van der Waals surface area contributed by atoms with Gasteiger partial charge < -0.3 is 55.8 Å². The van der Waals surface area contributed by atoms with Crippen LogP contribution in [-0.4, -0.2) is 123 Å². The van der Waals surface area contributed by atoms with E-state index in [0.29, 0.717) is 67.0 Å². The van der Waals surface area contributed by atoms with Gasteiger partial charge in [0.1, 0.15) is 5.75 Å². The number of hydrogen-bond acceptors (Lipinski definition) is 13. The molecule has 0 radical (unpaired) electrons. The summed E-state index contributed by atoms with van der Waals surface area (Å²) in [6.07, 6.45) is 17.5. The second-order valence-electron chi connectivity index (χ2n) is 26.2. The number of nitrogens with one attached hydrogen (secondary N) is 4. The van der Waals surface area contributed by atoms with Crippen molar-refractivity contribution in [2.24, 2.45) is 23.5 Å². The normalized spacial score (nSPS) is 17.4. The number of nitrogens with two attached hydrogens (primary N) is 1. The smallest absolute Gasteiger partial charge is 0.311 e. The van der Waals surface area contributed by atoms with E-state index in [1.165, 1.54) is 26.4 Å². The van der Waals surface area contributed by atoms with Gasteiger partial charge in [0.05, 0.1) is 32.0 Å². The highest BCUT2D eigenvalue weighted by molar-refractivity contribution is 5.98.